The van der Waals surface area contributed by atoms with Crippen LogP contribution >= 0.6 is 0 Å². The van der Waals surface area contributed by atoms with Crippen molar-refractivity contribution >= 4 is 0 Å². The van der Waals surface area contributed by atoms with E-state index in [1.807, 2.05) is 0 Å². The first kappa shape index (κ1) is 14.4. The molecule has 1 aromatic carbocycles. The quantitative estimate of drug-likeness (QED) is 0.778. The molecular formula is C17H28NO+. The Hall–Kier alpha value is -1.02. The average Bonchev–Trinajstić information content (AvgIpc) is 2.41. The molecular weight excluding hydrogens is 234 g/mol. The van der Waals surface area contributed by atoms with Crippen LogP contribution in [0.1, 0.15) is 45.1 Å². The van der Waals surface area contributed by atoms with E-state index in [1.165, 1.54) is 44.5 Å². The molecule has 1 N–H and O–H groups in total. The lowest BCUT2D eigenvalue weighted by atomic mass is 10.00. The molecule has 1 aromatic rings. The molecule has 0 radical (unpaired) electrons. The number of ether oxygens (including phenoxy) is 1. The van der Waals surface area contributed by atoms with E-state index < -0.39 is 0 Å². The van der Waals surface area contributed by atoms with Crippen LogP contribution < -0.4 is 9.64 Å². The highest BCUT2D eigenvalue weighted by atomic mass is 16.5. The van der Waals surface area contributed by atoms with Crippen LogP contribution in [0.5, 0.6) is 5.75 Å². The van der Waals surface area contributed by atoms with Crippen LogP contribution in [0.3, 0.4) is 0 Å². The maximum absolute atomic E-state index is 5.70. The second-order valence-electron chi connectivity index (χ2n) is 5.97. The number of rotatable bonds is 6. The molecule has 0 spiro atoms. The van der Waals surface area contributed by atoms with Gasteiger partial charge in [-0.05, 0) is 43.5 Å². The molecule has 19 heavy (non-hydrogen) atoms. The molecule has 0 saturated carbocycles. The van der Waals surface area contributed by atoms with Gasteiger partial charge in [0.25, 0.3) is 0 Å². The van der Waals surface area contributed by atoms with Crippen molar-refractivity contribution < 1.29 is 9.64 Å². The van der Waals surface area contributed by atoms with E-state index >= 15 is 0 Å². The van der Waals surface area contributed by atoms with E-state index in [-0.39, 0.29) is 0 Å². The van der Waals surface area contributed by atoms with Gasteiger partial charge in [-0.25, -0.2) is 0 Å². The smallest absolute Gasteiger partial charge is 0.119 e. The Morgan fingerprint density at radius 2 is 2.05 bits per heavy atom. The van der Waals surface area contributed by atoms with Gasteiger partial charge in [-0.2, -0.15) is 0 Å². The lowest BCUT2D eigenvalue weighted by molar-refractivity contribution is -0.922. The highest BCUT2D eigenvalue weighted by Gasteiger charge is 2.19. The van der Waals surface area contributed by atoms with Crippen LogP contribution in [0.25, 0.3) is 0 Å². The van der Waals surface area contributed by atoms with Gasteiger partial charge in [-0.1, -0.05) is 20.3 Å². The van der Waals surface area contributed by atoms with Crippen molar-refractivity contribution in [2.75, 3.05) is 19.7 Å². The maximum Gasteiger partial charge on any atom is 0.119 e. The summed E-state index contributed by atoms with van der Waals surface area (Å²) >= 11 is 0. The summed E-state index contributed by atoms with van der Waals surface area (Å²) in [5.74, 6) is 1.90. The number of unbranched alkanes of at least 4 members (excludes halogenated alkanes) is 1. The van der Waals surface area contributed by atoms with Crippen molar-refractivity contribution in [1.29, 1.82) is 0 Å². The third kappa shape index (κ3) is 4.87. The molecule has 0 bridgehead atoms. The Bertz CT molecular complexity index is 360. The molecule has 1 fully saturated rings. The van der Waals surface area contributed by atoms with Gasteiger partial charge in [0.05, 0.1) is 19.7 Å². The summed E-state index contributed by atoms with van der Waals surface area (Å²) in [7, 11) is 0. The summed E-state index contributed by atoms with van der Waals surface area (Å²) in [5.41, 5.74) is 1.44. The van der Waals surface area contributed by atoms with Crippen molar-refractivity contribution in [3.05, 3.63) is 29.8 Å². The molecule has 1 unspecified atom stereocenters. The number of likely N-dealkylation sites (tertiary alicyclic amines) is 1. The zero-order chi connectivity index (χ0) is 13.5. The number of piperidine rings is 1. The topological polar surface area (TPSA) is 13.7 Å². The molecule has 0 aromatic heterocycles. The van der Waals surface area contributed by atoms with E-state index in [4.69, 9.17) is 4.74 Å². The predicted molar refractivity (Wildman–Crippen MR) is 79.6 cm³/mol. The van der Waals surface area contributed by atoms with Gasteiger partial charge in [0, 0.05) is 11.5 Å². The van der Waals surface area contributed by atoms with Crippen LogP contribution in [-0.2, 0) is 6.54 Å². The Labute approximate surface area is 117 Å². The minimum Gasteiger partial charge on any atom is -0.494 e. The molecule has 106 valence electrons. The summed E-state index contributed by atoms with van der Waals surface area (Å²) < 4.78 is 5.70. The summed E-state index contributed by atoms with van der Waals surface area (Å²) in [6.45, 7) is 9.23. The van der Waals surface area contributed by atoms with Gasteiger partial charge >= 0.3 is 0 Å². The largest absolute Gasteiger partial charge is 0.494 e. The first-order chi connectivity index (χ1) is 9.28. The lowest BCUT2D eigenvalue weighted by Crippen LogP contribution is -3.12. The molecule has 2 nitrogen and oxygen atoms in total. The first-order valence-electron chi connectivity index (χ1n) is 7.83. The molecule has 2 heteroatoms. The van der Waals surface area contributed by atoms with Crippen molar-refractivity contribution in [3.63, 3.8) is 0 Å². The maximum atomic E-state index is 5.70. The lowest BCUT2D eigenvalue weighted by Gasteiger charge is -2.27. The molecule has 1 saturated heterocycles. The minimum atomic E-state index is 0.838. The summed E-state index contributed by atoms with van der Waals surface area (Å²) in [5, 5.41) is 0. The first-order valence-corrected chi connectivity index (χ1v) is 7.83. The minimum absolute atomic E-state index is 0.838. The summed E-state index contributed by atoms with van der Waals surface area (Å²) in [6.07, 6.45) is 5.12. The highest BCUT2D eigenvalue weighted by molar-refractivity contribution is 5.26. The Kier molecular flexibility index (Phi) is 5.71. The number of benzene rings is 1. The van der Waals surface area contributed by atoms with Gasteiger partial charge in [0.15, 0.2) is 0 Å². The fourth-order valence-electron chi connectivity index (χ4n) is 2.88. The van der Waals surface area contributed by atoms with Crippen LogP contribution in [0.4, 0.5) is 0 Å². The second-order valence-corrected chi connectivity index (χ2v) is 5.97. The molecule has 0 amide bonds. The van der Waals surface area contributed by atoms with Crippen molar-refractivity contribution in [2.45, 2.75) is 46.1 Å². The number of hydrogen-bond donors (Lipinski definition) is 1. The SMILES string of the molecule is CCCCOc1ccc(C[NH+]2CCC[C@H](C)C2)cc1. The third-order valence-corrected chi connectivity index (χ3v) is 4.01. The van der Waals surface area contributed by atoms with Gasteiger partial charge in [0.1, 0.15) is 12.3 Å². The van der Waals surface area contributed by atoms with Crippen LogP contribution in [0.2, 0.25) is 0 Å². The third-order valence-electron chi connectivity index (χ3n) is 4.01. The van der Waals surface area contributed by atoms with Crippen molar-refractivity contribution in [1.82, 2.24) is 0 Å². The molecule has 1 aliphatic rings. The number of hydrogen-bond acceptors (Lipinski definition) is 1. The van der Waals surface area contributed by atoms with Crippen molar-refractivity contribution in [3.8, 4) is 5.75 Å². The van der Waals surface area contributed by atoms with Crippen LogP contribution in [0, 0.1) is 5.92 Å². The fourth-order valence-corrected chi connectivity index (χ4v) is 2.88. The molecule has 1 aliphatic heterocycles. The van der Waals surface area contributed by atoms with Crippen LogP contribution in [0.15, 0.2) is 24.3 Å². The van der Waals surface area contributed by atoms with Gasteiger partial charge < -0.3 is 9.64 Å². The van der Waals surface area contributed by atoms with E-state index in [0.717, 1.165) is 24.7 Å². The van der Waals surface area contributed by atoms with Gasteiger partial charge in [-0.3, -0.25) is 0 Å². The van der Waals surface area contributed by atoms with Gasteiger partial charge in [-0.15, -0.1) is 0 Å². The van der Waals surface area contributed by atoms with E-state index in [0.29, 0.717) is 0 Å². The van der Waals surface area contributed by atoms with Gasteiger partial charge in [0.2, 0.25) is 0 Å². The zero-order valence-corrected chi connectivity index (χ0v) is 12.5. The standard InChI is InChI=1S/C17H27NO/c1-3-4-12-19-17-9-7-16(8-10-17)14-18-11-5-6-15(2)13-18/h7-10,15H,3-6,11-14H2,1-2H3/p+1/t15-/m0/s1. The Balaban J connectivity index is 1.81. The number of quaternary nitrogens is 1. The van der Waals surface area contributed by atoms with Crippen LogP contribution in [-0.4, -0.2) is 19.7 Å². The molecule has 0 aliphatic carbocycles. The Morgan fingerprint density at radius 1 is 1.26 bits per heavy atom. The average molecular weight is 262 g/mol. The van der Waals surface area contributed by atoms with Crippen molar-refractivity contribution in [2.24, 2.45) is 5.92 Å². The second kappa shape index (κ2) is 7.54. The summed E-state index contributed by atoms with van der Waals surface area (Å²) in [6, 6.07) is 8.71. The van der Waals surface area contributed by atoms with E-state index in [9.17, 15) is 0 Å². The monoisotopic (exact) mass is 262 g/mol. The predicted octanol–water partition coefficient (Wildman–Crippen LogP) is 2.68. The number of nitrogens with one attached hydrogen (secondary N) is 1. The molecule has 2 rings (SSSR count). The van der Waals surface area contributed by atoms with E-state index in [1.54, 1.807) is 4.90 Å². The molecule has 1 heterocycles. The fraction of sp³-hybridized carbons (Fsp3) is 0.647. The highest BCUT2D eigenvalue weighted by Crippen LogP contribution is 2.13. The zero-order valence-electron chi connectivity index (χ0n) is 12.5. The summed E-state index contributed by atoms with van der Waals surface area (Å²) in [4.78, 5) is 1.73. The molecule has 2 atom stereocenters. The Morgan fingerprint density at radius 3 is 2.74 bits per heavy atom. The normalized spacial score (nSPS) is 23.3. The van der Waals surface area contributed by atoms with E-state index in [2.05, 4.69) is 38.1 Å².